The van der Waals surface area contributed by atoms with Crippen LogP contribution in [0.15, 0.2) is 29.2 Å². The van der Waals surface area contributed by atoms with Crippen LogP contribution in [-0.2, 0) is 26.0 Å². The highest BCUT2D eigenvalue weighted by molar-refractivity contribution is 7.89. The van der Waals surface area contributed by atoms with E-state index in [1.807, 2.05) is 25.9 Å². The van der Waals surface area contributed by atoms with Crippen LogP contribution >= 0.6 is 0 Å². The lowest BCUT2D eigenvalue weighted by Gasteiger charge is -2.20. The van der Waals surface area contributed by atoms with Gasteiger partial charge in [-0.15, -0.1) is 0 Å². The molecule has 0 radical (unpaired) electrons. The second-order valence-electron chi connectivity index (χ2n) is 5.06. The van der Waals surface area contributed by atoms with E-state index in [-0.39, 0.29) is 23.3 Å². The molecule has 0 saturated heterocycles. The number of nitrogens with one attached hydrogen (secondary N) is 1. The zero-order valence-corrected chi connectivity index (χ0v) is 13.6. The highest BCUT2D eigenvalue weighted by Gasteiger charge is 2.16. The Morgan fingerprint density at radius 2 is 1.86 bits per heavy atom. The summed E-state index contributed by atoms with van der Waals surface area (Å²) >= 11 is 0. The molecule has 1 atom stereocenters. The quantitative estimate of drug-likeness (QED) is 0.747. The maximum Gasteiger partial charge on any atom is 0.309 e. The van der Waals surface area contributed by atoms with Crippen molar-refractivity contribution >= 4 is 16.0 Å². The fourth-order valence-corrected chi connectivity index (χ4v) is 2.64. The topological polar surface area (TPSA) is 75.7 Å². The molecule has 0 fully saturated rings. The lowest BCUT2D eigenvalue weighted by atomic mass is 10.2. The molecular weight excluding hydrogens is 292 g/mol. The zero-order chi connectivity index (χ0) is 16.0. The van der Waals surface area contributed by atoms with Crippen LogP contribution in [0.5, 0.6) is 0 Å². The van der Waals surface area contributed by atoms with Crippen molar-refractivity contribution < 1.29 is 17.9 Å². The number of ether oxygens (including phenoxy) is 1. The first-order valence-corrected chi connectivity index (χ1v) is 8.06. The van der Waals surface area contributed by atoms with Gasteiger partial charge in [-0.3, -0.25) is 4.79 Å². The molecule has 0 aliphatic rings. The van der Waals surface area contributed by atoms with E-state index >= 15 is 0 Å². The number of methoxy groups -OCH3 is 1. The van der Waals surface area contributed by atoms with E-state index in [1.54, 1.807) is 12.1 Å². The SMILES string of the molecule is COC(=O)Cc1ccc(S(=O)(=O)NCC(C)N(C)C)cc1. The predicted octanol–water partition coefficient (Wildman–Crippen LogP) is 0.631. The third-order valence-electron chi connectivity index (χ3n) is 3.26. The molecule has 0 bridgehead atoms. The lowest BCUT2D eigenvalue weighted by molar-refractivity contribution is -0.139. The maximum absolute atomic E-state index is 12.1. The van der Waals surface area contributed by atoms with E-state index in [1.165, 1.54) is 19.2 Å². The summed E-state index contributed by atoms with van der Waals surface area (Å²) in [4.78, 5) is 13.3. The van der Waals surface area contributed by atoms with Gasteiger partial charge < -0.3 is 9.64 Å². The van der Waals surface area contributed by atoms with Crippen molar-refractivity contribution in [1.29, 1.82) is 0 Å². The van der Waals surface area contributed by atoms with E-state index in [2.05, 4.69) is 9.46 Å². The summed E-state index contributed by atoms with van der Waals surface area (Å²) in [6.45, 7) is 2.27. The third-order valence-corrected chi connectivity index (χ3v) is 4.70. The van der Waals surface area contributed by atoms with E-state index in [0.717, 1.165) is 0 Å². The second kappa shape index (κ2) is 7.53. The largest absolute Gasteiger partial charge is 0.469 e. The molecule has 0 aliphatic carbocycles. The average molecular weight is 314 g/mol. The normalized spacial score (nSPS) is 13.2. The molecule has 0 saturated carbocycles. The number of carbonyl (C=O) groups is 1. The van der Waals surface area contributed by atoms with Crippen molar-refractivity contribution in [2.24, 2.45) is 0 Å². The Morgan fingerprint density at radius 1 is 1.29 bits per heavy atom. The number of rotatable bonds is 7. The van der Waals surface area contributed by atoms with Crippen LogP contribution in [0.4, 0.5) is 0 Å². The minimum Gasteiger partial charge on any atom is -0.469 e. The van der Waals surface area contributed by atoms with Crippen LogP contribution in [0.3, 0.4) is 0 Å². The third kappa shape index (κ3) is 5.45. The van der Waals surface area contributed by atoms with Gasteiger partial charge in [-0.05, 0) is 38.7 Å². The molecule has 1 aromatic carbocycles. The summed E-state index contributed by atoms with van der Waals surface area (Å²) in [5, 5.41) is 0. The number of nitrogens with zero attached hydrogens (tertiary/aromatic N) is 1. The molecule has 1 N–H and O–H groups in total. The van der Waals surface area contributed by atoms with Crippen molar-refractivity contribution in [3.63, 3.8) is 0 Å². The Kier molecular flexibility index (Phi) is 6.32. The Balaban J connectivity index is 2.73. The molecule has 21 heavy (non-hydrogen) atoms. The van der Waals surface area contributed by atoms with Gasteiger partial charge in [0.05, 0.1) is 18.4 Å². The second-order valence-corrected chi connectivity index (χ2v) is 6.83. The van der Waals surface area contributed by atoms with Crippen LogP contribution in [0.2, 0.25) is 0 Å². The molecule has 0 spiro atoms. The van der Waals surface area contributed by atoms with Gasteiger partial charge in [0.15, 0.2) is 0 Å². The monoisotopic (exact) mass is 314 g/mol. The van der Waals surface area contributed by atoms with Crippen molar-refractivity contribution in [3.8, 4) is 0 Å². The molecule has 1 rings (SSSR count). The molecule has 7 heteroatoms. The zero-order valence-electron chi connectivity index (χ0n) is 12.8. The fraction of sp³-hybridized carbons (Fsp3) is 0.500. The van der Waals surface area contributed by atoms with Crippen LogP contribution in [0, 0.1) is 0 Å². The lowest BCUT2D eigenvalue weighted by Crippen LogP contribution is -2.38. The fourth-order valence-electron chi connectivity index (χ4n) is 1.52. The number of esters is 1. The van der Waals surface area contributed by atoms with E-state index < -0.39 is 10.0 Å². The Morgan fingerprint density at radius 3 is 2.33 bits per heavy atom. The molecular formula is C14H22N2O4S. The Hall–Kier alpha value is -1.44. The standard InChI is InChI=1S/C14H22N2O4S/c1-11(16(2)3)10-15-21(18,19)13-7-5-12(6-8-13)9-14(17)20-4/h5-8,11,15H,9-10H2,1-4H3. The number of benzene rings is 1. The minimum absolute atomic E-state index is 0.0957. The van der Waals surface area contributed by atoms with Crippen molar-refractivity contribution in [1.82, 2.24) is 9.62 Å². The van der Waals surface area contributed by atoms with Crippen LogP contribution in [0.1, 0.15) is 12.5 Å². The van der Waals surface area contributed by atoms with Crippen molar-refractivity contribution in [2.45, 2.75) is 24.3 Å². The number of hydrogen-bond acceptors (Lipinski definition) is 5. The molecule has 118 valence electrons. The highest BCUT2D eigenvalue weighted by atomic mass is 32.2. The smallest absolute Gasteiger partial charge is 0.309 e. The Labute approximate surface area is 126 Å². The van der Waals surface area contributed by atoms with Crippen LogP contribution in [0.25, 0.3) is 0 Å². The molecule has 1 aromatic rings. The average Bonchev–Trinajstić information content (AvgIpc) is 2.45. The highest BCUT2D eigenvalue weighted by Crippen LogP contribution is 2.11. The number of likely N-dealkylation sites (N-methyl/N-ethyl adjacent to an activating group) is 1. The van der Waals surface area contributed by atoms with E-state index in [0.29, 0.717) is 12.1 Å². The first-order chi connectivity index (χ1) is 9.76. The predicted molar refractivity (Wildman–Crippen MR) is 80.5 cm³/mol. The first kappa shape index (κ1) is 17.6. The molecule has 1 unspecified atom stereocenters. The molecule has 6 nitrogen and oxygen atoms in total. The van der Waals surface area contributed by atoms with Gasteiger partial charge in [-0.2, -0.15) is 0 Å². The summed E-state index contributed by atoms with van der Waals surface area (Å²) in [5.41, 5.74) is 0.711. The van der Waals surface area contributed by atoms with Gasteiger partial charge in [0, 0.05) is 12.6 Å². The van der Waals surface area contributed by atoms with Crippen LogP contribution < -0.4 is 4.72 Å². The molecule has 0 heterocycles. The maximum atomic E-state index is 12.1. The van der Waals surface area contributed by atoms with Crippen molar-refractivity contribution in [2.75, 3.05) is 27.7 Å². The number of sulfonamides is 1. The number of hydrogen-bond donors (Lipinski definition) is 1. The summed E-state index contributed by atoms with van der Waals surface area (Å²) in [7, 11) is 1.56. The molecule has 0 amide bonds. The molecule has 0 aromatic heterocycles. The van der Waals surface area contributed by atoms with Gasteiger partial charge >= 0.3 is 5.97 Å². The van der Waals surface area contributed by atoms with E-state index in [4.69, 9.17) is 0 Å². The minimum atomic E-state index is -3.53. The van der Waals surface area contributed by atoms with Crippen molar-refractivity contribution in [3.05, 3.63) is 29.8 Å². The molecule has 0 aliphatic heterocycles. The number of carbonyl (C=O) groups excluding carboxylic acids is 1. The summed E-state index contributed by atoms with van der Waals surface area (Å²) in [6.07, 6.45) is 0.127. The van der Waals surface area contributed by atoms with Gasteiger partial charge in [0.25, 0.3) is 0 Å². The summed E-state index contributed by atoms with van der Waals surface area (Å²) < 4.78 is 31.4. The van der Waals surface area contributed by atoms with Gasteiger partial charge in [0.1, 0.15) is 0 Å². The van der Waals surface area contributed by atoms with E-state index in [9.17, 15) is 13.2 Å². The van der Waals surface area contributed by atoms with Gasteiger partial charge in [0.2, 0.25) is 10.0 Å². The van der Waals surface area contributed by atoms with Gasteiger partial charge in [-0.1, -0.05) is 12.1 Å². The Bertz CT molecular complexity index is 567. The summed E-state index contributed by atoms with van der Waals surface area (Å²) in [5.74, 6) is -0.358. The summed E-state index contributed by atoms with van der Waals surface area (Å²) in [6, 6.07) is 6.29. The first-order valence-electron chi connectivity index (χ1n) is 6.58. The van der Waals surface area contributed by atoms with Gasteiger partial charge in [-0.25, -0.2) is 13.1 Å². The van der Waals surface area contributed by atoms with Crippen LogP contribution in [-0.4, -0.2) is 53.1 Å².